The Labute approximate surface area is 225 Å². The van der Waals surface area contributed by atoms with Crippen molar-refractivity contribution in [2.75, 3.05) is 10.6 Å². The van der Waals surface area contributed by atoms with E-state index in [1.54, 1.807) is 37.5 Å². The number of nitrogens with zero attached hydrogens (tertiary/aromatic N) is 4. The zero-order valence-corrected chi connectivity index (χ0v) is 19.2. The smallest absolute Gasteiger partial charge is 0.255 e. The molecule has 0 fully saturated rings. The van der Waals surface area contributed by atoms with Crippen molar-refractivity contribution in [3.05, 3.63) is 114 Å². The van der Waals surface area contributed by atoms with Crippen molar-refractivity contribution in [3.8, 4) is 16.9 Å². The van der Waals surface area contributed by atoms with Gasteiger partial charge in [-0.2, -0.15) is 0 Å². The van der Waals surface area contributed by atoms with Gasteiger partial charge in [0, 0.05) is 63.2 Å². The van der Waals surface area contributed by atoms with Crippen LogP contribution in [0.4, 0.5) is 17.3 Å². The van der Waals surface area contributed by atoms with Crippen LogP contribution in [0.25, 0.3) is 16.9 Å². The molecular weight excluding hydrogens is 448 g/mol. The number of aromatic nitrogens is 4. The average Bonchev–Trinajstić information content (AvgIpc) is 3.27. The van der Waals surface area contributed by atoms with E-state index in [1.165, 1.54) is 19.2 Å². The number of nitrogens with one attached hydrogen (secondary N) is 2. The molecule has 7 nitrogen and oxygen atoms in total. The molecule has 0 saturated heterocycles. The second-order valence-corrected chi connectivity index (χ2v) is 7.71. The van der Waals surface area contributed by atoms with Crippen molar-refractivity contribution < 1.29 is 19.9 Å². The summed E-state index contributed by atoms with van der Waals surface area (Å²) in [7, 11) is 0. The number of anilines is 3. The zero-order valence-electron chi connectivity index (χ0n) is 30.2. The van der Waals surface area contributed by atoms with E-state index in [4.69, 9.17) is 15.1 Å². The zero-order chi connectivity index (χ0) is 34.5. The summed E-state index contributed by atoms with van der Waals surface area (Å²) in [6, 6.07) is 2.53. The Kier molecular flexibility index (Phi) is 3.65. The second-order valence-electron chi connectivity index (χ2n) is 7.71. The molecule has 7 heteroatoms. The van der Waals surface area contributed by atoms with Crippen molar-refractivity contribution in [2.45, 2.75) is 20.7 Å². The molecule has 0 spiro atoms. The number of carbonyl (C=O) groups excluding carboxylic acids is 1. The summed E-state index contributed by atoms with van der Waals surface area (Å²) in [6.07, 6.45) is 4.13. The van der Waals surface area contributed by atoms with Crippen LogP contribution >= 0.6 is 0 Å². The first kappa shape index (κ1) is 13.3. The van der Waals surface area contributed by atoms with Gasteiger partial charge in [0.05, 0.1) is 16.7 Å². The van der Waals surface area contributed by atoms with E-state index in [0.717, 1.165) is 4.57 Å². The number of amides is 1. The topological polar surface area (TPSA) is 84.7 Å². The Morgan fingerprint density at radius 1 is 1.06 bits per heavy atom. The molecule has 0 unspecified atom stereocenters. The molecule has 0 aliphatic heterocycles. The molecule has 0 saturated carbocycles. The lowest BCUT2D eigenvalue weighted by molar-refractivity contribution is 0.102. The summed E-state index contributed by atoms with van der Waals surface area (Å²) in [5, 5.41) is 5.00. The van der Waals surface area contributed by atoms with Crippen molar-refractivity contribution in [1.82, 2.24) is 19.5 Å². The molecule has 1 amide bonds. The lowest BCUT2D eigenvalue weighted by Crippen LogP contribution is -2.13. The minimum absolute atomic E-state index is 0.0144. The largest absolute Gasteiger partial charge is 0.324 e. The first-order chi connectivity index (χ1) is 22.0. The van der Waals surface area contributed by atoms with Gasteiger partial charge in [0.2, 0.25) is 5.95 Å². The van der Waals surface area contributed by atoms with Crippen LogP contribution in [0.3, 0.4) is 0 Å². The minimum atomic E-state index is -3.00. The Hall–Kier alpha value is -4.78. The molecule has 5 aromatic rings. The molecule has 2 N–H and O–H groups in total. The van der Waals surface area contributed by atoms with Gasteiger partial charge in [-0.05, 0) is 91.9 Å². The molecule has 5 rings (SSSR count). The fraction of sp³-hybridized carbons (Fsp3) is 0.103. The van der Waals surface area contributed by atoms with Crippen LogP contribution in [0, 0.1) is 20.7 Å². The van der Waals surface area contributed by atoms with Crippen LogP contribution in [0.1, 0.15) is 42.1 Å². The van der Waals surface area contributed by atoms with E-state index in [-0.39, 0.29) is 35.6 Å². The van der Waals surface area contributed by atoms with Crippen LogP contribution in [0.15, 0.2) is 91.5 Å². The van der Waals surface area contributed by atoms with Crippen LogP contribution in [0.5, 0.6) is 0 Å². The Bertz CT molecular complexity index is 2060. The lowest BCUT2D eigenvalue weighted by Gasteiger charge is -2.13. The fourth-order valence-electron chi connectivity index (χ4n) is 3.27. The lowest BCUT2D eigenvalue weighted by atomic mass is 10.1. The summed E-state index contributed by atoms with van der Waals surface area (Å²) in [4.78, 5) is 26.3. The highest BCUT2D eigenvalue weighted by Crippen LogP contribution is 2.24. The maximum atomic E-state index is 13.8. The van der Waals surface area contributed by atoms with Crippen LogP contribution in [-0.2, 0) is 0 Å². The van der Waals surface area contributed by atoms with Gasteiger partial charge < -0.3 is 15.2 Å². The summed E-state index contributed by atoms with van der Waals surface area (Å²) < 4.78 is 93.6. The van der Waals surface area contributed by atoms with E-state index in [1.807, 2.05) is 0 Å². The molecule has 0 radical (unpaired) electrons. The molecule has 0 atom stereocenters. The number of rotatable bonds is 6. The van der Waals surface area contributed by atoms with Crippen molar-refractivity contribution in [1.29, 1.82) is 0 Å². The summed E-state index contributed by atoms with van der Waals surface area (Å²) in [6.45, 7) is -0.0267. The van der Waals surface area contributed by atoms with Gasteiger partial charge in [-0.1, -0.05) is 6.04 Å². The molecule has 178 valence electrons. The number of aryl methyl sites for hydroxylation is 1. The minimum Gasteiger partial charge on any atom is -0.324 e. The number of hydrogen-bond acceptors (Lipinski definition) is 5. The van der Waals surface area contributed by atoms with Gasteiger partial charge >= 0.3 is 0 Å². The van der Waals surface area contributed by atoms with Crippen molar-refractivity contribution in [2.24, 2.45) is 0 Å². The highest BCUT2D eigenvalue weighted by Gasteiger charge is 2.12. The number of benzene rings is 2. The van der Waals surface area contributed by atoms with Gasteiger partial charge in [-0.25, -0.2) is 9.97 Å². The SMILES string of the molecule is [2H]c1c(C)c([2H])c(-n2c([2H])cc(C)c2[2H])c([2H])c1NC(=O)c1c([2H])c([2H])c(C([2H])([2H])[2H])c(Nc2nccc(-c3cccnc3)n2)c1[2H]. The Morgan fingerprint density at radius 2 is 1.97 bits per heavy atom. The third-order valence-electron chi connectivity index (χ3n) is 4.91. The first-order valence-corrected chi connectivity index (χ1v) is 10.8. The Morgan fingerprint density at radius 3 is 2.75 bits per heavy atom. The second kappa shape index (κ2) is 9.84. The predicted molar refractivity (Wildman–Crippen MR) is 143 cm³/mol. The van der Waals surface area contributed by atoms with Gasteiger partial charge in [0.15, 0.2) is 0 Å². The van der Waals surface area contributed by atoms with Crippen LogP contribution in [0.2, 0.25) is 0 Å². The molecular formula is C29H26N6O. The first-order valence-electron chi connectivity index (χ1n) is 16.3. The molecule has 36 heavy (non-hydrogen) atoms. The van der Waals surface area contributed by atoms with Crippen molar-refractivity contribution in [3.63, 3.8) is 0 Å². The van der Waals surface area contributed by atoms with Gasteiger partial charge in [0.1, 0.15) is 0 Å². The molecule has 0 aliphatic rings. The maximum Gasteiger partial charge on any atom is 0.255 e. The number of pyridine rings is 1. The van der Waals surface area contributed by atoms with Crippen molar-refractivity contribution >= 4 is 23.2 Å². The van der Waals surface area contributed by atoms with Gasteiger partial charge in [-0.15, -0.1) is 0 Å². The van der Waals surface area contributed by atoms with Crippen LogP contribution in [-0.4, -0.2) is 25.4 Å². The Balaban J connectivity index is 1.65. The van der Waals surface area contributed by atoms with Gasteiger partial charge in [-0.3, -0.25) is 9.78 Å². The monoisotopic (exact) mass is 485 g/mol. The van der Waals surface area contributed by atoms with E-state index in [2.05, 4.69) is 25.6 Å². The quantitative estimate of drug-likeness (QED) is 0.297. The molecule has 3 aromatic heterocycles. The molecule has 2 aromatic carbocycles. The maximum absolute atomic E-state index is 13.8. The van der Waals surface area contributed by atoms with E-state index in [9.17, 15) is 4.79 Å². The summed E-state index contributed by atoms with van der Waals surface area (Å²) >= 11 is 0. The van der Waals surface area contributed by atoms with Crippen LogP contribution < -0.4 is 10.6 Å². The standard InChI is InChI=1S/C29H26N6O/c1-19-9-12-35(18-19)25-14-20(2)13-24(16-25)32-28(36)22-7-6-21(3)27(15-22)34-29-31-11-8-26(33-29)23-5-4-10-30-17-23/h4-18H,1-3H3,(H,32,36)(H,31,33,34)/i3D3,6D,7D,12D,13D,14D,15D,16D,18D. The van der Waals surface area contributed by atoms with E-state index >= 15 is 0 Å². The molecule has 3 heterocycles. The molecule has 0 aliphatic carbocycles. The third-order valence-corrected chi connectivity index (χ3v) is 4.91. The highest BCUT2D eigenvalue weighted by molar-refractivity contribution is 6.05. The normalized spacial score (nSPS) is 15.4. The highest BCUT2D eigenvalue weighted by atomic mass is 16.1. The van der Waals surface area contributed by atoms with Gasteiger partial charge in [0.25, 0.3) is 5.91 Å². The molecule has 0 bridgehead atoms. The number of carbonyl (C=O) groups is 1. The third kappa shape index (κ3) is 5.15. The fourth-order valence-corrected chi connectivity index (χ4v) is 3.27. The summed E-state index contributed by atoms with van der Waals surface area (Å²) in [5.41, 5.74) is -1.21. The number of hydrogen-bond donors (Lipinski definition) is 2. The predicted octanol–water partition coefficient (Wildman–Crippen LogP) is 6.25. The summed E-state index contributed by atoms with van der Waals surface area (Å²) in [5.74, 6) is -1.37. The average molecular weight is 486 g/mol. The van der Waals surface area contributed by atoms with E-state index in [0.29, 0.717) is 16.8 Å². The van der Waals surface area contributed by atoms with E-state index < -0.39 is 65.5 Å².